The molecule has 1 aromatic rings. The van der Waals surface area contributed by atoms with Gasteiger partial charge in [0.05, 0.1) is 12.2 Å². The Morgan fingerprint density at radius 3 is 2.53 bits per heavy atom. The normalized spacial score (nSPS) is 21.2. The first kappa shape index (κ1) is 13.1. The van der Waals surface area contributed by atoms with Crippen molar-refractivity contribution >= 4 is 0 Å². The van der Waals surface area contributed by atoms with Gasteiger partial charge in [0.2, 0.25) is 5.89 Å². The number of nitrogens with one attached hydrogen (secondary N) is 1. The summed E-state index contributed by atoms with van der Waals surface area (Å²) >= 11 is 0. The van der Waals surface area contributed by atoms with Crippen molar-refractivity contribution in [2.24, 2.45) is 5.92 Å². The van der Waals surface area contributed by atoms with Crippen molar-refractivity contribution in [3.8, 4) is 0 Å². The molecule has 1 aromatic heterocycles. The SMILES string of the molecule is Cc1nc(CN(CC2CCNCC2)C2CC2)oc1C. The van der Waals surface area contributed by atoms with Crippen LogP contribution in [-0.2, 0) is 6.54 Å². The minimum absolute atomic E-state index is 0.780. The van der Waals surface area contributed by atoms with Crippen molar-refractivity contribution in [1.82, 2.24) is 15.2 Å². The fourth-order valence-electron chi connectivity index (χ4n) is 2.96. The maximum absolute atomic E-state index is 5.75. The van der Waals surface area contributed by atoms with E-state index in [1.807, 2.05) is 13.8 Å². The van der Waals surface area contributed by atoms with Gasteiger partial charge < -0.3 is 9.73 Å². The van der Waals surface area contributed by atoms with Crippen LogP contribution in [-0.4, -0.2) is 35.6 Å². The molecule has 0 bridgehead atoms. The van der Waals surface area contributed by atoms with E-state index in [0.29, 0.717) is 0 Å². The zero-order valence-corrected chi connectivity index (χ0v) is 12.1. The molecule has 0 unspecified atom stereocenters. The van der Waals surface area contributed by atoms with E-state index in [0.717, 1.165) is 35.8 Å². The van der Waals surface area contributed by atoms with Gasteiger partial charge in [-0.3, -0.25) is 4.90 Å². The summed E-state index contributed by atoms with van der Waals surface area (Å²) in [6.45, 7) is 8.49. The average Bonchev–Trinajstić information content (AvgIpc) is 3.18. The second-order valence-electron chi connectivity index (χ2n) is 6.10. The summed E-state index contributed by atoms with van der Waals surface area (Å²) in [7, 11) is 0. The van der Waals surface area contributed by atoms with Crippen LogP contribution < -0.4 is 5.32 Å². The number of aromatic nitrogens is 1. The molecule has 2 heterocycles. The number of oxazole rings is 1. The Labute approximate surface area is 115 Å². The van der Waals surface area contributed by atoms with Gasteiger partial charge in [0.25, 0.3) is 0 Å². The van der Waals surface area contributed by atoms with E-state index in [2.05, 4.69) is 15.2 Å². The Hall–Kier alpha value is -0.870. The summed E-state index contributed by atoms with van der Waals surface area (Å²) in [6, 6.07) is 0.780. The molecule has 2 fully saturated rings. The fourth-order valence-corrected chi connectivity index (χ4v) is 2.96. The van der Waals surface area contributed by atoms with Crippen molar-refractivity contribution in [2.75, 3.05) is 19.6 Å². The van der Waals surface area contributed by atoms with Crippen molar-refractivity contribution < 1.29 is 4.42 Å². The molecule has 0 aromatic carbocycles. The van der Waals surface area contributed by atoms with E-state index in [1.165, 1.54) is 45.3 Å². The highest BCUT2D eigenvalue weighted by atomic mass is 16.4. The Morgan fingerprint density at radius 2 is 1.95 bits per heavy atom. The third-order valence-electron chi connectivity index (χ3n) is 4.43. The second kappa shape index (κ2) is 5.63. The lowest BCUT2D eigenvalue weighted by atomic mass is 9.97. The van der Waals surface area contributed by atoms with Crippen molar-refractivity contribution in [1.29, 1.82) is 0 Å². The monoisotopic (exact) mass is 263 g/mol. The van der Waals surface area contributed by atoms with Crippen molar-refractivity contribution in [3.05, 3.63) is 17.3 Å². The Bertz CT molecular complexity index is 400. The van der Waals surface area contributed by atoms with Gasteiger partial charge in [-0.1, -0.05) is 0 Å². The lowest BCUT2D eigenvalue weighted by Crippen LogP contribution is -2.37. The molecule has 1 aliphatic heterocycles. The van der Waals surface area contributed by atoms with Gasteiger partial charge in [-0.05, 0) is 58.5 Å². The predicted molar refractivity (Wildman–Crippen MR) is 75.0 cm³/mol. The van der Waals surface area contributed by atoms with E-state index in [1.54, 1.807) is 0 Å². The zero-order chi connectivity index (χ0) is 13.2. The Kier molecular flexibility index (Phi) is 3.89. The average molecular weight is 263 g/mol. The maximum atomic E-state index is 5.75. The highest BCUT2D eigenvalue weighted by molar-refractivity contribution is 5.05. The van der Waals surface area contributed by atoms with Gasteiger partial charge in [-0.2, -0.15) is 0 Å². The topological polar surface area (TPSA) is 41.3 Å². The van der Waals surface area contributed by atoms with Gasteiger partial charge in [-0.15, -0.1) is 0 Å². The summed E-state index contributed by atoms with van der Waals surface area (Å²) in [5.41, 5.74) is 1.03. The molecule has 3 rings (SSSR count). The predicted octanol–water partition coefficient (Wildman–Crippen LogP) is 2.26. The highest BCUT2D eigenvalue weighted by Gasteiger charge is 2.31. The molecule has 106 valence electrons. The zero-order valence-electron chi connectivity index (χ0n) is 12.1. The highest BCUT2D eigenvalue weighted by Crippen LogP contribution is 2.30. The van der Waals surface area contributed by atoms with Crippen LogP contribution in [0.4, 0.5) is 0 Å². The third kappa shape index (κ3) is 3.37. The number of piperidine rings is 1. The summed E-state index contributed by atoms with van der Waals surface area (Å²) < 4.78 is 5.75. The molecule has 1 N–H and O–H groups in total. The summed E-state index contributed by atoms with van der Waals surface area (Å²) in [4.78, 5) is 7.13. The van der Waals surface area contributed by atoms with Gasteiger partial charge in [0.15, 0.2) is 0 Å². The molecule has 4 nitrogen and oxygen atoms in total. The maximum Gasteiger partial charge on any atom is 0.208 e. The third-order valence-corrected chi connectivity index (χ3v) is 4.43. The van der Waals surface area contributed by atoms with Crippen LogP contribution in [0.15, 0.2) is 4.42 Å². The molecular formula is C15H25N3O. The van der Waals surface area contributed by atoms with E-state index in [4.69, 9.17) is 4.42 Å². The van der Waals surface area contributed by atoms with Crippen LogP contribution in [0.2, 0.25) is 0 Å². The fraction of sp³-hybridized carbons (Fsp3) is 0.800. The number of hydrogen-bond acceptors (Lipinski definition) is 4. The lowest BCUT2D eigenvalue weighted by molar-refractivity contribution is 0.175. The van der Waals surface area contributed by atoms with Crippen molar-refractivity contribution in [3.63, 3.8) is 0 Å². The number of nitrogens with zero attached hydrogens (tertiary/aromatic N) is 2. The minimum Gasteiger partial charge on any atom is -0.444 e. The molecule has 0 radical (unpaired) electrons. The first-order valence-electron chi connectivity index (χ1n) is 7.60. The van der Waals surface area contributed by atoms with E-state index in [9.17, 15) is 0 Å². The Balaban J connectivity index is 1.60. The molecular weight excluding hydrogens is 238 g/mol. The molecule has 0 spiro atoms. The van der Waals surface area contributed by atoms with E-state index in [-0.39, 0.29) is 0 Å². The molecule has 2 aliphatic rings. The lowest BCUT2D eigenvalue weighted by Gasteiger charge is -2.29. The smallest absolute Gasteiger partial charge is 0.208 e. The molecule has 0 amide bonds. The van der Waals surface area contributed by atoms with Crippen LogP contribution in [0.5, 0.6) is 0 Å². The molecule has 0 atom stereocenters. The Morgan fingerprint density at radius 1 is 1.21 bits per heavy atom. The molecule has 4 heteroatoms. The molecule has 1 saturated heterocycles. The minimum atomic E-state index is 0.780. The van der Waals surface area contributed by atoms with E-state index < -0.39 is 0 Å². The number of rotatable bonds is 5. The summed E-state index contributed by atoms with van der Waals surface area (Å²) in [5.74, 6) is 2.71. The van der Waals surface area contributed by atoms with E-state index >= 15 is 0 Å². The standard InChI is InChI=1S/C15H25N3O/c1-11-12(2)19-15(17-11)10-18(14-3-4-14)9-13-5-7-16-8-6-13/h13-14,16H,3-10H2,1-2H3. The molecule has 1 aliphatic carbocycles. The number of aryl methyl sites for hydroxylation is 2. The van der Waals surface area contributed by atoms with Crippen molar-refractivity contribution in [2.45, 2.75) is 52.1 Å². The van der Waals surface area contributed by atoms with Crippen LogP contribution in [0, 0.1) is 19.8 Å². The quantitative estimate of drug-likeness (QED) is 0.884. The van der Waals surface area contributed by atoms with Gasteiger partial charge in [-0.25, -0.2) is 4.98 Å². The van der Waals surface area contributed by atoms with Gasteiger partial charge in [0.1, 0.15) is 5.76 Å². The van der Waals surface area contributed by atoms with Gasteiger partial charge >= 0.3 is 0 Å². The van der Waals surface area contributed by atoms with Crippen LogP contribution in [0.3, 0.4) is 0 Å². The van der Waals surface area contributed by atoms with Crippen LogP contribution in [0.1, 0.15) is 43.0 Å². The molecule has 1 saturated carbocycles. The first-order valence-corrected chi connectivity index (χ1v) is 7.60. The largest absolute Gasteiger partial charge is 0.444 e. The summed E-state index contributed by atoms with van der Waals surface area (Å²) in [6.07, 6.45) is 5.33. The number of hydrogen-bond donors (Lipinski definition) is 1. The molecule has 19 heavy (non-hydrogen) atoms. The summed E-state index contributed by atoms with van der Waals surface area (Å²) in [5, 5.41) is 3.44. The second-order valence-corrected chi connectivity index (χ2v) is 6.10. The van der Waals surface area contributed by atoms with Crippen LogP contribution >= 0.6 is 0 Å². The first-order chi connectivity index (χ1) is 9.22. The van der Waals surface area contributed by atoms with Gasteiger partial charge in [0, 0.05) is 12.6 Å². The van der Waals surface area contributed by atoms with Crippen LogP contribution in [0.25, 0.3) is 0 Å².